The molecular weight excluding hydrogens is 277 g/mol. The lowest BCUT2D eigenvalue weighted by Crippen LogP contribution is -2.43. The van der Waals surface area contributed by atoms with E-state index >= 15 is 0 Å². The minimum absolute atomic E-state index is 0.116. The van der Waals surface area contributed by atoms with Crippen molar-refractivity contribution in [3.63, 3.8) is 0 Å². The van der Waals surface area contributed by atoms with E-state index < -0.39 is 0 Å². The first kappa shape index (κ1) is 15.7. The molecule has 1 aliphatic rings. The van der Waals surface area contributed by atoms with Gasteiger partial charge in [-0.25, -0.2) is 4.39 Å². The molecule has 0 bridgehead atoms. The average molecular weight is 300 g/mol. The van der Waals surface area contributed by atoms with Crippen LogP contribution in [0.25, 0.3) is 0 Å². The highest BCUT2D eigenvalue weighted by Gasteiger charge is 2.28. The van der Waals surface area contributed by atoms with E-state index in [0.717, 1.165) is 26.1 Å². The molecule has 0 aliphatic carbocycles. The van der Waals surface area contributed by atoms with Crippen molar-refractivity contribution in [3.05, 3.63) is 34.6 Å². The lowest BCUT2D eigenvalue weighted by Gasteiger charge is -2.35. The maximum Gasteiger partial charge on any atom is 0.128 e. The molecule has 0 radical (unpaired) electrons. The van der Waals surface area contributed by atoms with Gasteiger partial charge in [0.15, 0.2) is 0 Å². The second kappa shape index (κ2) is 6.85. The summed E-state index contributed by atoms with van der Waals surface area (Å²) in [5.41, 5.74) is 6.55. The molecule has 2 N–H and O–H groups in total. The van der Waals surface area contributed by atoms with Gasteiger partial charge >= 0.3 is 0 Å². The van der Waals surface area contributed by atoms with Gasteiger partial charge in [-0.1, -0.05) is 11.6 Å². The third-order valence-electron chi connectivity index (χ3n) is 4.04. The predicted octanol–water partition coefficient (Wildman–Crippen LogP) is 2.50. The molecule has 1 heterocycles. The van der Waals surface area contributed by atoms with E-state index in [9.17, 15) is 4.39 Å². The summed E-state index contributed by atoms with van der Waals surface area (Å²) < 4.78 is 14.1. The number of likely N-dealkylation sites (N-methyl/N-ethyl adjacent to an activating group) is 1. The Labute approximate surface area is 125 Å². The van der Waals surface area contributed by atoms with Crippen LogP contribution in [0.3, 0.4) is 0 Å². The quantitative estimate of drug-likeness (QED) is 0.931. The van der Waals surface area contributed by atoms with Crippen LogP contribution >= 0.6 is 11.6 Å². The fourth-order valence-corrected chi connectivity index (χ4v) is 3.25. The van der Waals surface area contributed by atoms with Crippen molar-refractivity contribution in [1.82, 2.24) is 9.80 Å². The van der Waals surface area contributed by atoms with E-state index in [2.05, 4.69) is 23.8 Å². The molecule has 20 heavy (non-hydrogen) atoms. The molecule has 0 spiro atoms. The first-order chi connectivity index (χ1) is 9.52. The van der Waals surface area contributed by atoms with Crippen LogP contribution in [0.5, 0.6) is 0 Å². The van der Waals surface area contributed by atoms with Crippen LogP contribution in [0.2, 0.25) is 5.02 Å². The third kappa shape index (κ3) is 3.50. The van der Waals surface area contributed by atoms with E-state index in [1.807, 2.05) is 0 Å². The van der Waals surface area contributed by atoms with Crippen LogP contribution in [0, 0.1) is 5.82 Å². The lowest BCUT2D eigenvalue weighted by atomic mass is 10.0. The Morgan fingerprint density at radius 3 is 2.90 bits per heavy atom. The van der Waals surface area contributed by atoms with Crippen LogP contribution in [0.4, 0.5) is 4.39 Å². The van der Waals surface area contributed by atoms with Crippen molar-refractivity contribution in [3.8, 4) is 0 Å². The zero-order valence-corrected chi connectivity index (χ0v) is 12.9. The molecular formula is C15H23ClFN3. The summed E-state index contributed by atoms with van der Waals surface area (Å²) >= 11 is 6.01. The molecule has 5 heteroatoms. The van der Waals surface area contributed by atoms with Crippen LogP contribution in [0.15, 0.2) is 18.2 Å². The minimum Gasteiger partial charge on any atom is -0.329 e. The number of hydrogen-bond donors (Lipinski definition) is 1. The Morgan fingerprint density at radius 2 is 2.20 bits per heavy atom. The highest BCUT2D eigenvalue weighted by atomic mass is 35.5. The van der Waals surface area contributed by atoms with Gasteiger partial charge in [0.05, 0.1) is 6.04 Å². The largest absolute Gasteiger partial charge is 0.329 e. The number of nitrogens with zero attached hydrogens (tertiary/aromatic N) is 2. The Balaban J connectivity index is 2.28. The normalized spacial score (nSPS) is 23.6. The first-order valence-corrected chi connectivity index (χ1v) is 7.50. The molecule has 1 saturated heterocycles. The fourth-order valence-electron chi connectivity index (χ4n) is 3.06. The molecule has 1 aromatic rings. The van der Waals surface area contributed by atoms with Gasteiger partial charge in [-0.2, -0.15) is 0 Å². The molecule has 2 unspecified atom stereocenters. The molecule has 0 saturated carbocycles. The summed E-state index contributed by atoms with van der Waals surface area (Å²) in [5, 5.41) is 0.555. The summed E-state index contributed by atoms with van der Waals surface area (Å²) in [6, 6.07) is 4.93. The number of benzene rings is 1. The number of rotatable bonds is 3. The van der Waals surface area contributed by atoms with Crippen LogP contribution < -0.4 is 5.73 Å². The van der Waals surface area contributed by atoms with Gasteiger partial charge in [0, 0.05) is 36.3 Å². The van der Waals surface area contributed by atoms with Crippen molar-refractivity contribution < 1.29 is 4.39 Å². The standard InChI is InChI=1S/C15H23ClFN3/c1-11-10-19(2)6-3-7-20(11)15(9-18)13-8-12(16)4-5-14(13)17/h4-5,8,11,15H,3,6-7,9-10,18H2,1-2H3. The van der Waals surface area contributed by atoms with Crippen LogP contribution in [-0.4, -0.2) is 49.1 Å². The molecule has 1 aromatic carbocycles. The predicted molar refractivity (Wildman–Crippen MR) is 81.5 cm³/mol. The van der Waals surface area contributed by atoms with Gasteiger partial charge in [-0.15, -0.1) is 0 Å². The van der Waals surface area contributed by atoms with Crippen molar-refractivity contribution in [2.75, 3.05) is 33.2 Å². The van der Waals surface area contributed by atoms with Gasteiger partial charge in [0.2, 0.25) is 0 Å². The second-order valence-electron chi connectivity index (χ2n) is 5.62. The van der Waals surface area contributed by atoms with Crippen LogP contribution in [0.1, 0.15) is 24.9 Å². The number of nitrogens with two attached hydrogens (primary N) is 1. The highest BCUT2D eigenvalue weighted by Crippen LogP contribution is 2.28. The van der Waals surface area contributed by atoms with Gasteiger partial charge in [0.25, 0.3) is 0 Å². The Kier molecular flexibility index (Phi) is 5.38. The highest BCUT2D eigenvalue weighted by molar-refractivity contribution is 6.30. The van der Waals surface area contributed by atoms with Crippen molar-refractivity contribution >= 4 is 11.6 Å². The van der Waals surface area contributed by atoms with Crippen LogP contribution in [-0.2, 0) is 0 Å². The van der Waals surface area contributed by atoms with Crippen molar-refractivity contribution in [1.29, 1.82) is 0 Å². The molecule has 3 nitrogen and oxygen atoms in total. The van der Waals surface area contributed by atoms with Crippen molar-refractivity contribution in [2.45, 2.75) is 25.4 Å². The second-order valence-corrected chi connectivity index (χ2v) is 6.06. The Hall–Kier alpha value is -0.680. The van der Waals surface area contributed by atoms with Gasteiger partial charge in [0.1, 0.15) is 5.82 Å². The Morgan fingerprint density at radius 1 is 1.45 bits per heavy atom. The summed E-state index contributed by atoms with van der Waals surface area (Å²) in [5.74, 6) is -0.227. The summed E-state index contributed by atoms with van der Waals surface area (Å²) in [4.78, 5) is 4.62. The summed E-state index contributed by atoms with van der Waals surface area (Å²) in [6.07, 6.45) is 1.07. The third-order valence-corrected chi connectivity index (χ3v) is 4.27. The Bertz CT molecular complexity index is 455. The monoisotopic (exact) mass is 299 g/mol. The van der Waals surface area contributed by atoms with Crippen molar-refractivity contribution in [2.24, 2.45) is 5.73 Å². The summed E-state index contributed by atoms with van der Waals surface area (Å²) in [6.45, 7) is 5.53. The zero-order chi connectivity index (χ0) is 14.7. The maximum absolute atomic E-state index is 14.1. The molecule has 0 aromatic heterocycles. The lowest BCUT2D eigenvalue weighted by molar-refractivity contribution is 0.143. The van der Waals surface area contributed by atoms with E-state index in [-0.39, 0.29) is 11.9 Å². The maximum atomic E-state index is 14.1. The van der Waals surface area contributed by atoms with E-state index in [0.29, 0.717) is 23.2 Å². The molecule has 1 fully saturated rings. The SMILES string of the molecule is CC1CN(C)CCCN1C(CN)c1cc(Cl)ccc1F. The topological polar surface area (TPSA) is 32.5 Å². The molecule has 112 valence electrons. The summed E-state index contributed by atoms with van der Waals surface area (Å²) in [7, 11) is 2.12. The zero-order valence-electron chi connectivity index (χ0n) is 12.1. The molecule has 0 amide bonds. The fraction of sp³-hybridized carbons (Fsp3) is 0.600. The molecule has 2 atom stereocenters. The van der Waals surface area contributed by atoms with Gasteiger partial charge in [-0.05, 0) is 45.1 Å². The number of halogens is 2. The van der Waals surface area contributed by atoms with E-state index in [1.54, 1.807) is 12.1 Å². The van der Waals surface area contributed by atoms with E-state index in [1.165, 1.54) is 6.07 Å². The average Bonchev–Trinajstić information content (AvgIpc) is 2.56. The number of hydrogen-bond acceptors (Lipinski definition) is 3. The first-order valence-electron chi connectivity index (χ1n) is 7.12. The van der Waals surface area contributed by atoms with E-state index in [4.69, 9.17) is 17.3 Å². The van der Waals surface area contributed by atoms with Gasteiger partial charge in [-0.3, -0.25) is 4.90 Å². The smallest absolute Gasteiger partial charge is 0.128 e. The minimum atomic E-state index is -0.227. The molecule has 1 aliphatic heterocycles. The van der Waals surface area contributed by atoms with Gasteiger partial charge < -0.3 is 10.6 Å². The molecule has 2 rings (SSSR count).